The van der Waals surface area contributed by atoms with Crippen LogP contribution in [0.5, 0.6) is 5.75 Å². The molecule has 4 aromatic rings. The molecule has 0 atom stereocenters. The molecule has 0 unspecified atom stereocenters. The smallest absolute Gasteiger partial charge is 0.217 e. The van der Waals surface area contributed by atoms with E-state index in [4.69, 9.17) is 10.5 Å². The van der Waals surface area contributed by atoms with Gasteiger partial charge in [-0.05, 0) is 23.8 Å². The van der Waals surface area contributed by atoms with Gasteiger partial charge in [0.15, 0.2) is 5.82 Å². The average molecular weight is 310 g/mol. The van der Waals surface area contributed by atoms with Crippen molar-refractivity contribution >= 4 is 26.5 Å². The van der Waals surface area contributed by atoms with Gasteiger partial charge in [0, 0.05) is 12.1 Å². The summed E-state index contributed by atoms with van der Waals surface area (Å²) < 4.78 is 8.49. The van der Waals surface area contributed by atoms with Gasteiger partial charge in [-0.25, -0.2) is 0 Å². The number of thiazole rings is 1. The molecule has 0 aliphatic heterocycles. The molecule has 5 nitrogen and oxygen atoms in total. The van der Waals surface area contributed by atoms with Gasteiger partial charge in [-0.15, -0.1) is 10.2 Å². The number of benzene rings is 2. The Morgan fingerprint density at radius 2 is 1.95 bits per heavy atom. The summed E-state index contributed by atoms with van der Waals surface area (Å²) in [6.07, 6.45) is 0. The van der Waals surface area contributed by atoms with Crippen molar-refractivity contribution in [2.24, 2.45) is 5.73 Å². The minimum Gasteiger partial charge on any atom is -0.497 e. The lowest BCUT2D eigenvalue weighted by Gasteiger charge is -2.02. The van der Waals surface area contributed by atoms with Gasteiger partial charge >= 0.3 is 0 Å². The van der Waals surface area contributed by atoms with Crippen molar-refractivity contribution in [1.29, 1.82) is 0 Å². The van der Waals surface area contributed by atoms with E-state index in [1.165, 1.54) is 0 Å². The van der Waals surface area contributed by atoms with E-state index in [1.807, 2.05) is 42.5 Å². The highest BCUT2D eigenvalue weighted by Crippen LogP contribution is 2.32. The number of methoxy groups -OCH3 is 1. The minimum atomic E-state index is 0.538. The average Bonchev–Trinajstić information content (AvgIpc) is 3.13. The van der Waals surface area contributed by atoms with Crippen molar-refractivity contribution in [2.75, 3.05) is 7.11 Å². The van der Waals surface area contributed by atoms with Crippen LogP contribution in [0.1, 0.15) is 5.56 Å². The Balaban J connectivity index is 1.93. The lowest BCUT2D eigenvalue weighted by molar-refractivity contribution is 0.415. The van der Waals surface area contributed by atoms with Crippen LogP contribution in [0.25, 0.3) is 26.6 Å². The van der Waals surface area contributed by atoms with Crippen LogP contribution in [-0.4, -0.2) is 21.7 Å². The molecule has 6 heteroatoms. The van der Waals surface area contributed by atoms with Crippen LogP contribution in [0, 0.1) is 0 Å². The van der Waals surface area contributed by atoms with E-state index < -0.39 is 0 Å². The maximum Gasteiger partial charge on any atom is 0.217 e. The Morgan fingerprint density at radius 3 is 2.68 bits per heavy atom. The quantitative estimate of drug-likeness (QED) is 0.631. The van der Waals surface area contributed by atoms with Crippen molar-refractivity contribution in [2.45, 2.75) is 6.54 Å². The first-order valence-corrected chi connectivity index (χ1v) is 7.73. The Hall–Kier alpha value is -2.44. The molecule has 0 aliphatic rings. The molecular formula is C16H14N4OS. The molecular weight excluding hydrogens is 296 g/mol. The zero-order valence-electron chi connectivity index (χ0n) is 12.0. The molecule has 2 heterocycles. The Labute approximate surface area is 131 Å². The topological polar surface area (TPSA) is 65.4 Å². The standard InChI is InChI=1S/C16H14N4OS/c1-21-12-6-7-13-14(8-12)22-16-19-18-15(20(13)16)11-4-2-10(9-17)3-5-11/h2-8H,9,17H2,1H3. The highest BCUT2D eigenvalue weighted by atomic mass is 32.1. The molecule has 4 rings (SSSR count). The predicted octanol–water partition coefficient (Wildman–Crippen LogP) is 3.08. The molecule has 22 heavy (non-hydrogen) atoms. The van der Waals surface area contributed by atoms with Gasteiger partial charge < -0.3 is 10.5 Å². The third kappa shape index (κ3) is 1.96. The normalized spacial score (nSPS) is 11.4. The third-order valence-corrected chi connectivity index (χ3v) is 4.68. The Bertz CT molecular complexity index is 956. The molecule has 0 spiro atoms. The largest absolute Gasteiger partial charge is 0.497 e. The maximum absolute atomic E-state index is 5.65. The van der Waals surface area contributed by atoms with Gasteiger partial charge in [-0.2, -0.15) is 0 Å². The second-order valence-corrected chi connectivity index (χ2v) is 5.99. The zero-order chi connectivity index (χ0) is 15.1. The van der Waals surface area contributed by atoms with Crippen LogP contribution >= 0.6 is 11.3 Å². The molecule has 2 N–H and O–H groups in total. The molecule has 0 saturated carbocycles. The summed E-state index contributed by atoms with van der Waals surface area (Å²) in [5.74, 6) is 1.69. The number of hydrogen-bond donors (Lipinski definition) is 1. The fourth-order valence-corrected chi connectivity index (χ4v) is 3.51. The number of nitrogens with two attached hydrogens (primary N) is 1. The second-order valence-electron chi connectivity index (χ2n) is 4.98. The van der Waals surface area contributed by atoms with Crippen LogP contribution in [0.2, 0.25) is 0 Å². The summed E-state index contributed by atoms with van der Waals surface area (Å²) in [4.78, 5) is 0.876. The summed E-state index contributed by atoms with van der Waals surface area (Å²) in [5.41, 5.74) is 8.87. The lowest BCUT2D eigenvalue weighted by Crippen LogP contribution is -1.96. The molecule has 0 fully saturated rings. The highest BCUT2D eigenvalue weighted by molar-refractivity contribution is 7.23. The van der Waals surface area contributed by atoms with Crippen LogP contribution < -0.4 is 10.5 Å². The third-order valence-electron chi connectivity index (χ3n) is 3.69. The van der Waals surface area contributed by atoms with Gasteiger partial charge in [0.1, 0.15) is 5.75 Å². The minimum absolute atomic E-state index is 0.538. The molecule has 2 aromatic heterocycles. The number of nitrogens with zero attached hydrogens (tertiary/aromatic N) is 3. The van der Waals surface area contributed by atoms with Crippen molar-refractivity contribution in [3.8, 4) is 17.1 Å². The summed E-state index contributed by atoms with van der Waals surface area (Å²) in [6.45, 7) is 0.538. The number of hydrogen-bond acceptors (Lipinski definition) is 5. The first kappa shape index (κ1) is 13.2. The first-order valence-electron chi connectivity index (χ1n) is 6.91. The number of ether oxygens (including phenoxy) is 1. The summed E-state index contributed by atoms with van der Waals surface area (Å²) >= 11 is 1.60. The SMILES string of the molecule is COc1ccc2c(c1)sc1nnc(-c3ccc(CN)cc3)n12. The fraction of sp³-hybridized carbons (Fsp3) is 0.125. The van der Waals surface area contributed by atoms with E-state index in [2.05, 4.69) is 14.6 Å². The zero-order valence-corrected chi connectivity index (χ0v) is 12.8. The fourth-order valence-electron chi connectivity index (χ4n) is 2.52. The first-order chi connectivity index (χ1) is 10.8. The van der Waals surface area contributed by atoms with Crippen molar-refractivity contribution in [3.05, 3.63) is 48.0 Å². The predicted molar refractivity (Wildman–Crippen MR) is 88.2 cm³/mol. The van der Waals surface area contributed by atoms with E-state index in [9.17, 15) is 0 Å². The van der Waals surface area contributed by atoms with Crippen LogP contribution in [0.4, 0.5) is 0 Å². The molecule has 0 saturated heterocycles. The van der Waals surface area contributed by atoms with Crippen molar-refractivity contribution in [1.82, 2.24) is 14.6 Å². The second kappa shape index (κ2) is 5.08. The summed E-state index contributed by atoms with van der Waals surface area (Å²) in [6, 6.07) is 14.1. The summed E-state index contributed by atoms with van der Waals surface area (Å²) in [7, 11) is 1.67. The molecule has 0 bridgehead atoms. The number of rotatable bonds is 3. The maximum atomic E-state index is 5.65. The highest BCUT2D eigenvalue weighted by Gasteiger charge is 2.14. The van der Waals surface area contributed by atoms with E-state index in [0.717, 1.165) is 37.9 Å². The van der Waals surface area contributed by atoms with Gasteiger partial charge in [-0.1, -0.05) is 35.6 Å². The van der Waals surface area contributed by atoms with Crippen LogP contribution in [0.3, 0.4) is 0 Å². The van der Waals surface area contributed by atoms with Crippen LogP contribution in [0.15, 0.2) is 42.5 Å². The van der Waals surface area contributed by atoms with E-state index in [1.54, 1.807) is 18.4 Å². The molecule has 2 aromatic carbocycles. The van der Waals surface area contributed by atoms with Gasteiger partial charge in [0.05, 0.1) is 17.3 Å². The molecule has 0 amide bonds. The number of fused-ring (bicyclic) bond motifs is 3. The van der Waals surface area contributed by atoms with Crippen molar-refractivity contribution in [3.63, 3.8) is 0 Å². The van der Waals surface area contributed by atoms with Crippen LogP contribution in [-0.2, 0) is 6.54 Å². The van der Waals surface area contributed by atoms with Gasteiger partial charge in [-0.3, -0.25) is 4.40 Å². The van der Waals surface area contributed by atoms with E-state index >= 15 is 0 Å². The van der Waals surface area contributed by atoms with Crippen molar-refractivity contribution < 1.29 is 4.74 Å². The lowest BCUT2D eigenvalue weighted by atomic mass is 10.1. The van der Waals surface area contributed by atoms with E-state index in [0.29, 0.717) is 6.54 Å². The Morgan fingerprint density at radius 1 is 1.14 bits per heavy atom. The molecule has 0 radical (unpaired) electrons. The number of aromatic nitrogens is 3. The molecule has 0 aliphatic carbocycles. The van der Waals surface area contributed by atoms with Gasteiger partial charge in [0.25, 0.3) is 0 Å². The van der Waals surface area contributed by atoms with Gasteiger partial charge in [0.2, 0.25) is 4.96 Å². The Kier molecular flexibility index (Phi) is 3.06. The van der Waals surface area contributed by atoms with E-state index in [-0.39, 0.29) is 0 Å². The molecule has 110 valence electrons. The monoisotopic (exact) mass is 310 g/mol. The summed E-state index contributed by atoms with van der Waals surface area (Å²) in [5, 5.41) is 8.63.